The minimum atomic E-state index is -0.282. The number of aromatic nitrogens is 6. The van der Waals surface area contributed by atoms with Crippen molar-refractivity contribution in [3.8, 4) is 22.9 Å². The topological polar surface area (TPSA) is 146 Å². The standard InChI is InChI=1S/C41H50N8O4/c1-24(2)38(26(4)50)36-20-37(47-53-36)52-23-27-9-11-30(12-10-27)48-16-13-28(14-17-48)29-21-42-41(43-22-29)49-18-15-33-39(25(49)3)32-19-34(45-46-40(32)44-33)31-7-5-6-8-35(31)51/h5-8,19-22,24-25,27-28,30,38,51H,9-18,23H2,1-4H3,(H,44,46)/t25-,27?,30?,38?/m1/s1. The number of carbonyl (C=O) groups is 1. The number of nitrogens with zero attached hydrogens (tertiary/aromatic N) is 7. The number of piperidine rings is 1. The predicted octanol–water partition coefficient (Wildman–Crippen LogP) is 7.38. The molecule has 0 spiro atoms. The highest BCUT2D eigenvalue weighted by atomic mass is 16.5. The van der Waals surface area contributed by atoms with Gasteiger partial charge in [0, 0.05) is 59.7 Å². The maximum absolute atomic E-state index is 12.1. The summed E-state index contributed by atoms with van der Waals surface area (Å²) in [4.78, 5) is 30.4. The molecule has 2 fully saturated rings. The molecule has 2 aliphatic heterocycles. The summed E-state index contributed by atoms with van der Waals surface area (Å²) in [5.74, 6) is 2.96. The summed E-state index contributed by atoms with van der Waals surface area (Å²) in [5.41, 5.74) is 5.67. The number of ketones is 1. The van der Waals surface area contributed by atoms with Gasteiger partial charge in [-0.15, -0.1) is 10.2 Å². The van der Waals surface area contributed by atoms with Crippen LogP contribution in [0.5, 0.6) is 11.6 Å². The number of rotatable bonds is 10. The van der Waals surface area contributed by atoms with Crippen LogP contribution in [0.25, 0.3) is 22.3 Å². The Morgan fingerprint density at radius 3 is 2.49 bits per heavy atom. The van der Waals surface area contributed by atoms with Crippen LogP contribution in [-0.2, 0) is 11.2 Å². The van der Waals surface area contributed by atoms with Crippen LogP contribution in [0.1, 0.15) is 107 Å². The molecule has 0 bridgehead atoms. The molecule has 2 N–H and O–H groups in total. The number of fused-ring (bicyclic) bond motifs is 3. The molecule has 1 saturated carbocycles. The molecule has 0 radical (unpaired) electrons. The van der Waals surface area contributed by atoms with Gasteiger partial charge in [-0.1, -0.05) is 26.0 Å². The van der Waals surface area contributed by atoms with Crippen LogP contribution < -0.4 is 9.64 Å². The van der Waals surface area contributed by atoms with Crippen molar-refractivity contribution in [2.45, 2.75) is 96.6 Å². The van der Waals surface area contributed by atoms with Gasteiger partial charge in [-0.25, -0.2) is 9.97 Å². The first-order chi connectivity index (χ1) is 25.7. The van der Waals surface area contributed by atoms with Crippen molar-refractivity contribution < 1.29 is 19.2 Å². The Balaban J connectivity index is 0.832. The number of Topliss-reactive ketones (excluding diaryl/α,β-unsaturated/α-hetero) is 1. The zero-order chi connectivity index (χ0) is 36.6. The summed E-state index contributed by atoms with van der Waals surface area (Å²) < 4.78 is 11.5. The number of hydrogen-bond acceptors (Lipinski definition) is 11. The number of phenols is 1. The van der Waals surface area contributed by atoms with E-state index in [1.54, 1.807) is 25.1 Å². The van der Waals surface area contributed by atoms with Gasteiger partial charge in [0.15, 0.2) is 11.4 Å². The van der Waals surface area contributed by atoms with Gasteiger partial charge in [-0.2, -0.15) is 0 Å². The number of aromatic hydroxyl groups is 1. The largest absolute Gasteiger partial charge is 0.507 e. The molecule has 278 valence electrons. The lowest BCUT2D eigenvalue weighted by molar-refractivity contribution is -0.119. The average molecular weight is 719 g/mol. The Kier molecular flexibility index (Phi) is 9.89. The zero-order valence-electron chi connectivity index (χ0n) is 31.2. The van der Waals surface area contributed by atoms with E-state index >= 15 is 0 Å². The molecule has 1 aromatic carbocycles. The highest BCUT2D eigenvalue weighted by molar-refractivity contribution is 5.86. The molecular weight excluding hydrogens is 669 g/mol. The van der Waals surface area contributed by atoms with E-state index in [9.17, 15) is 9.90 Å². The number of phenolic OH excluding ortho intramolecular Hbond substituents is 1. The second kappa shape index (κ2) is 14.9. The maximum atomic E-state index is 12.1. The minimum absolute atomic E-state index is 0.0510. The summed E-state index contributed by atoms with van der Waals surface area (Å²) in [6.45, 7) is 11.5. The molecule has 4 aromatic heterocycles. The molecule has 6 heterocycles. The second-order valence-electron chi connectivity index (χ2n) is 15.7. The number of aromatic amines is 1. The van der Waals surface area contributed by atoms with Crippen molar-refractivity contribution in [1.82, 2.24) is 35.2 Å². The van der Waals surface area contributed by atoms with Crippen molar-refractivity contribution >= 4 is 22.8 Å². The summed E-state index contributed by atoms with van der Waals surface area (Å²) in [6.07, 6.45) is 11.9. The molecule has 1 aliphatic carbocycles. The third-order valence-electron chi connectivity index (χ3n) is 12.0. The first kappa shape index (κ1) is 35.2. The molecule has 1 saturated heterocycles. The van der Waals surface area contributed by atoms with Crippen molar-refractivity contribution in [3.63, 3.8) is 0 Å². The van der Waals surface area contributed by atoms with Gasteiger partial charge in [0.2, 0.25) is 5.95 Å². The normalized spacial score (nSPS) is 21.9. The third-order valence-corrected chi connectivity index (χ3v) is 12.0. The number of nitrogens with one attached hydrogen (secondary N) is 1. The van der Waals surface area contributed by atoms with Gasteiger partial charge in [0.05, 0.1) is 24.3 Å². The number of ether oxygens (including phenoxy) is 1. The molecule has 2 atom stereocenters. The third kappa shape index (κ3) is 7.13. The van der Waals surface area contributed by atoms with Gasteiger partial charge in [-0.3, -0.25) is 4.79 Å². The highest BCUT2D eigenvalue weighted by Gasteiger charge is 2.33. The quantitative estimate of drug-likeness (QED) is 0.149. The van der Waals surface area contributed by atoms with E-state index < -0.39 is 0 Å². The molecule has 5 aromatic rings. The van der Waals surface area contributed by atoms with E-state index in [2.05, 4.69) is 37.1 Å². The molecule has 8 rings (SSSR count). The average Bonchev–Trinajstić information content (AvgIpc) is 3.79. The Labute approximate surface area is 310 Å². The van der Waals surface area contributed by atoms with Crippen molar-refractivity contribution in [1.29, 1.82) is 0 Å². The number of carbonyl (C=O) groups excluding carboxylic acids is 1. The lowest BCUT2D eigenvalue weighted by Crippen LogP contribution is -2.43. The van der Waals surface area contributed by atoms with Gasteiger partial charge in [-0.05, 0) is 112 Å². The minimum Gasteiger partial charge on any atom is -0.507 e. The van der Waals surface area contributed by atoms with E-state index in [1.165, 1.54) is 29.7 Å². The summed E-state index contributed by atoms with van der Waals surface area (Å²) in [7, 11) is 0. The first-order valence-electron chi connectivity index (χ1n) is 19.3. The van der Waals surface area contributed by atoms with Gasteiger partial charge in [0.25, 0.3) is 5.88 Å². The van der Waals surface area contributed by atoms with Crippen LogP contribution in [0.2, 0.25) is 0 Å². The van der Waals surface area contributed by atoms with Gasteiger partial charge >= 0.3 is 0 Å². The van der Waals surface area contributed by atoms with Crippen LogP contribution in [0, 0.1) is 11.8 Å². The summed E-state index contributed by atoms with van der Waals surface area (Å²) in [6, 6.07) is 11.7. The van der Waals surface area contributed by atoms with E-state index in [0.717, 1.165) is 68.7 Å². The molecule has 12 heteroatoms. The summed E-state index contributed by atoms with van der Waals surface area (Å²) >= 11 is 0. The van der Waals surface area contributed by atoms with Gasteiger partial charge < -0.3 is 29.2 Å². The van der Waals surface area contributed by atoms with E-state index in [1.807, 2.05) is 44.4 Å². The molecule has 0 amide bonds. The molecule has 3 aliphatic rings. The predicted molar refractivity (Wildman–Crippen MR) is 202 cm³/mol. The second-order valence-corrected chi connectivity index (χ2v) is 15.7. The van der Waals surface area contributed by atoms with Crippen LogP contribution in [0.4, 0.5) is 5.95 Å². The lowest BCUT2D eigenvalue weighted by atomic mass is 9.83. The molecule has 53 heavy (non-hydrogen) atoms. The fourth-order valence-electron chi connectivity index (χ4n) is 9.07. The van der Waals surface area contributed by atoms with Crippen LogP contribution in [-0.4, -0.2) is 78.4 Å². The number of H-pyrrole nitrogens is 1. The maximum Gasteiger partial charge on any atom is 0.254 e. The van der Waals surface area contributed by atoms with E-state index in [4.69, 9.17) is 19.2 Å². The van der Waals surface area contributed by atoms with Crippen LogP contribution >= 0.6 is 0 Å². The fourth-order valence-corrected chi connectivity index (χ4v) is 9.07. The zero-order valence-corrected chi connectivity index (χ0v) is 31.2. The Hall–Kier alpha value is -4.84. The molecular formula is C41H50N8O4. The first-order valence-corrected chi connectivity index (χ1v) is 19.3. The number of hydrogen-bond donors (Lipinski definition) is 2. The Morgan fingerprint density at radius 2 is 1.77 bits per heavy atom. The van der Waals surface area contributed by atoms with E-state index in [0.29, 0.717) is 47.4 Å². The van der Waals surface area contributed by atoms with Crippen LogP contribution in [0.3, 0.4) is 0 Å². The monoisotopic (exact) mass is 718 g/mol. The summed E-state index contributed by atoms with van der Waals surface area (Å²) in [5, 5.41) is 24.4. The number of likely N-dealkylation sites (tertiary alicyclic amines) is 1. The number of para-hydroxylation sites is 1. The smallest absolute Gasteiger partial charge is 0.254 e. The number of anilines is 1. The SMILES string of the molecule is CC(=O)C(c1cc(OCC2CCC(N3CCC(c4cnc(N5CCc6[nH]c7nnc(-c8ccccc8O)cc7c6[C@H]5C)nc4)CC3)CC2)no1)C(C)C. The van der Waals surface area contributed by atoms with E-state index in [-0.39, 0.29) is 29.4 Å². The number of benzene rings is 1. The Bertz CT molecular complexity index is 2040. The van der Waals surface area contributed by atoms with Crippen LogP contribution in [0.15, 0.2) is 53.3 Å². The highest BCUT2D eigenvalue weighted by Crippen LogP contribution is 2.39. The van der Waals surface area contributed by atoms with Crippen molar-refractivity contribution in [3.05, 3.63) is 71.4 Å². The fraction of sp³-hybridized carbons (Fsp3) is 0.512. The lowest BCUT2D eigenvalue weighted by Gasteiger charge is -2.40. The van der Waals surface area contributed by atoms with Crippen molar-refractivity contribution in [2.75, 3.05) is 31.1 Å². The Morgan fingerprint density at radius 1 is 1.02 bits per heavy atom. The molecule has 1 unspecified atom stereocenters. The van der Waals surface area contributed by atoms with Crippen molar-refractivity contribution in [2.24, 2.45) is 11.8 Å². The van der Waals surface area contributed by atoms with Gasteiger partial charge in [0.1, 0.15) is 11.5 Å². The molecule has 12 nitrogen and oxygen atoms in total.